The first kappa shape index (κ1) is 23.1. The number of hydrogen-bond donors (Lipinski definition) is 4. The number of aliphatic carboxylic acids is 1. The Hall–Kier alpha value is -0.910. The summed E-state index contributed by atoms with van der Waals surface area (Å²) in [5.41, 5.74) is 0.0851. The Bertz CT molecular complexity index is 367. The maximum Gasteiger partial charge on any atom is 0.330 e. The predicted molar refractivity (Wildman–Crippen MR) is 95.8 cm³/mol. The highest BCUT2D eigenvalue weighted by molar-refractivity contribution is 5.85. The molecule has 5 nitrogen and oxygen atoms in total. The van der Waals surface area contributed by atoms with Gasteiger partial charge >= 0.3 is 5.97 Å². The Labute approximate surface area is 146 Å². The summed E-state index contributed by atoms with van der Waals surface area (Å²) in [5.74, 6) is -2.17. The molecule has 0 saturated carbocycles. The number of unbranched alkanes of at least 4 members (excludes halogenated alkanes) is 6. The molecule has 4 atom stereocenters. The van der Waals surface area contributed by atoms with Gasteiger partial charge in [0.15, 0.2) is 0 Å². The van der Waals surface area contributed by atoms with Crippen molar-refractivity contribution in [1.82, 2.24) is 0 Å². The van der Waals surface area contributed by atoms with E-state index in [9.17, 15) is 20.1 Å². The molecule has 0 aromatic carbocycles. The van der Waals surface area contributed by atoms with Crippen LogP contribution in [-0.4, -0.2) is 45.2 Å². The Morgan fingerprint density at radius 3 is 2.08 bits per heavy atom. The van der Waals surface area contributed by atoms with E-state index in [1.807, 2.05) is 0 Å². The summed E-state index contributed by atoms with van der Waals surface area (Å²) in [6.07, 6.45) is 8.53. The minimum atomic E-state index is -1.07. The fourth-order valence-corrected chi connectivity index (χ4v) is 2.84. The molecule has 0 radical (unpaired) electrons. The zero-order valence-electron chi connectivity index (χ0n) is 15.4. The molecule has 0 rings (SSSR count). The lowest BCUT2D eigenvalue weighted by Crippen LogP contribution is -2.36. The van der Waals surface area contributed by atoms with Crippen LogP contribution < -0.4 is 0 Å². The van der Waals surface area contributed by atoms with Crippen molar-refractivity contribution in [3.8, 4) is 0 Å². The minimum absolute atomic E-state index is 0.0851. The summed E-state index contributed by atoms with van der Waals surface area (Å²) in [6, 6.07) is 0. The molecule has 0 aliphatic rings. The highest BCUT2D eigenvalue weighted by Gasteiger charge is 2.28. The summed E-state index contributed by atoms with van der Waals surface area (Å²) in [7, 11) is 0. The third-order valence-electron chi connectivity index (χ3n) is 4.70. The van der Waals surface area contributed by atoms with Crippen LogP contribution in [-0.2, 0) is 4.79 Å². The molecule has 0 heterocycles. The summed E-state index contributed by atoms with van der Waals surface area (Å²) in [5, 5.41) is 38.8. The zero-order valence-corrected chi connectivity index (χ0v) is 15.4. The number of aliphatic hydroxyl groups excluding tert-OH is 3. The molecule has 0 bridgehead atoms. The van der Waals surface area contributed by atoms with E-state index in [0.29, 0.717) is 6.42 Å². The summed E-state index contributed by atoms with van der Waals surface area (Å²) in [4.78, 5) is 10.9. The fourth-order valence-electron chi connectivity index (χ4n) is 2.84. The van der Waals surface area contributed by atoms with Crippen LogP contribution in [0.25, 0.3) is 0 Å². The van der Waals surface area contributed by atoms with E-state index in [1.165, 1.54) is 45.1 Å². The first-order valence-corrected chi connectivity index (χ1v) is 9.23. The van der Waals surface area contributed by atoms with Gasteiger partial charge < -0.3 is 20.4 Å². The predicted octanol–water partition coefficient (Wildman–Crippen LogP) is 3.12. The number of hydrogen-bond acceptors (Lipinski definition) is 4. The number of carboxylic acid groups (broad SMARTS) is 1. The van der Waals surface area contributed by atoms with E-state index in [2.05, 4.69) is 6.92 Å². The second kappa shape index (κ2) is 13.4. The lowest BCUT2D eigenvalue weighted by atomic mass is 9.85. The molecular weight excluding hydrogens is 308 g/mol. The molecule has 0 aromatic heterocycles. The van der Waals surface area contributed by atoms with Gasteiger partial charge in [0.2, 0.25) is 0 Å². The first-order chi connectivity index (χ1) is 11.3. The van der Waals surface area contributed by atoms with Gasteiger partial charge in [0, 0.05) is 17.4 Å². The molecule has 142 valence electrons. The normalized spacial score (nSPS) is 17.3. The van der Waals surface area contributed by atoms with Crippen LogP contribution in [0.1, 0.15) is 72.1 Å². The highest BCUT2D eigenvalue weighted by Crippen LogP contribution is 2.22. The molecule has 0 fully saturated rings. The van der Waals surface area contributed by atoms with Gasteiger partial charge in [0.05, 0.1) is 18.8 Å². The van der Waals surface area contributed by atoms with Crippen LogP contribution in [0.15, 0.2) is 11.6 Å². The molecule has 0 aliphatic heterocycles. The lowest BCUT2D eigenvalue weighted by molar-refractivity contribution is -0.132. The average molecular weight is 344 g/mol. The number of rotatable bonds is 14. The lowest BCUT2D eigenvalue weighted by Gasteiger charge is -2.28. The van der Waals surface area contributed by atoms with Crippen molar-refractivity contribution in [2.75, 3.05) is 6.61 Å². The quantitative estimate of drug-likeness (QED) is 0.287. The number of carbonyl (C=O) groups is 1. The van der Waals surface area contributed by atoms with E-state index in [4.69, 9.17) is 5.11 Å². The Morgan fingerprint density at radius 1 is 1.04 bits per heavy atom. The van der Waals surface area contributed by atoms with Crippen molar-refractivity contribution in [2.24, 2.45) is 11.8 Å². The molecule has 4 unspecified atom stereocenters. The van der Waals surface area contributed by atoms with Crippen LogP contribution in [0.4, 0.5) is 0 Å². The topological polar surface area (TPSA) is 98.0 Å². The number of aliphatic hydroxyl groups is 3. The van der Waals surface area contributed by atoms with Gasteiger partial charge in [-0.15, -0.1) is 0 Å². The second-order valence-electron chi connectivity index (χ2n) is 6.83. The van der Waals surface area contributed by atoms with Crippen LogP contribution in [0.3, 0.4) is 0 Å². The first-order valence-electron chi connectivity index (χ1n) is 9.23. The van der Waals surface area contributed by atoms with E-state index in [1.54, 1.807) is 6.92 Å². The fraction of sp³-hybridized carbons (Fsp3) is 0.842. The third kappa shape index (κ3) is 9.40. The third-order valence-corrected chi connectivity index (χ3v) is 4.70. The minimum Gasteiger partial charge on any atom is -0.478 e. The Kier molecular flexibility index (Phi) is 12.9. The van der Waals surface area contributed by atoms with Crippen LogP contribution in [0.2, 0.25) is 0 Å². The van der Waals surface area contributed by atoms with E-state index in [-0.39, 0.29) is 12.2 Å². The summed E-state index contributed by atoms with van der Waals surface area (Å²) in [6.45, 7) is 5.01. The van der Waals surface area contributed by atoms with Crippen molar-refractivity contribution in [3.63, 3.8) is 0 Å². The van der Waals surface area contributed by atoms with Crippen molar-refractivity contribution in [2.45, 2.75) is 84.3 Å². The van der Waals surface area contributed by atoms with Crippen LogP contribution >= 0.6 is 0 Å². The van der Waals surface area contributed by atoms with Crippen LogP contribution in [0, 0.1) is 11.8 Å². The van der Waals surface area contributed by atoms with Gasteiger partial charge in [-0.05, 0) is 13.3 Å². The van der Waals surface area contributed by atoms with Crippen LogP contribution in [0.5, 0.6) is 0 Å². The molecule has 0 amide bonds. The highest BCUT2D eigenvalue weighted by atomic mass is 16.4. The molecule has 24 heavy (non-hydrogen) atoms. The maximum atomic E-state index is 10.9. The second-order valence-corrected chi connectivity index (χ2v) is 6.83. The van der Waals surface area contributed by atoms with Gasteiger partial charge in [-0.3, -0.25) is 0 Å². The van der Waals surface area contributed by atoms with Gasteiger partial charge in [-0.1, -0.05) is 64.9 Å². The van der Waals surface area contributed by atoms with Gasteiger partial charge in [-0.25, -0.2) is 4.79 Å². The summed E-state index contributed by atoms with van der Waals surface area (Å²) < 4.78 is 0. The molecule has 0 aromatic rings. The van der Waals surface area contributed by atoms with Gasteiger partial charge in [-0.2, -0.15) is 0 Å². The molecule has 5 heteroatoms. The molecular formula is C19H36O5. The van der Waals surface area contributed by atoms with E-state index < -0.39 is 30.0 Å². The zero-order chi connectivity index (χ0) is 18.5. The largest absolute Gasteiger partial charge is 0.478 e. The van der Waals surface area contributed by atoms with Crippen molar-refractivity contribution < 1.29 is 25.2 Å². The average Bonchev–Trinajstić information content (AvgIpc) is 2.56. The molecule has 0 saturated heterocycles. The molecule has 0 spiro atoms. The van der Waals surface area contributed by atoms with Crippen molar-refractivity contribution in [1.29, 1.82) is 0 Å². The van der Waals surface area contributed by atoms with Gasteiger partial charge in [0.1, 0.15) is 0 Å². The maximum absolute atomic E-state index is 10.9. The standard InChI is InChI=1S/C19H36O5/c1-4-5-6-7-8-9-10-11-17(21)15(3)18(22)16(13-20)12-14(2)19(23)24/h12,15-18,20-22H,4-11,13H2,1-3H3,(H,23,24)/b14-12+. The molecule has 0 aliphatic carbocycles. The van der Waals surface area contributed by atoms with E-state index in [0.717, 1.165) is 12.8 Å². The number of carboxylic acids is 1. The smallest absolute Gasteiger partial charge is 0.330 e. The van der Waals surface area contributed by atoms with Crippen molar-refractivity contribution in [3.05, 3.63) is 11.6 Å². The Balaban J connectivity index is 4.26. The monoisotopic (exact) mass is 344 g/mol. The molecule has 4 N–H and O–H groups in total. The van der Waals surface area contributed by atoms with Crippen molar-refractivity contribution >= 4 is 5.97 Å². The van der Waals surface area contributed by atoms with Gasteiger partial charge in [0.25, 0.3) is 0 Å². The SMILES string of the molecule is CCCCCCCCCC(O)C(C)C(O)C(/C=C(\C)C(=O)O)CO. The van der Waals surface area contributed by atoms with E-state index >= 15 is 0 Å². The summed E-state index contributed by atoms with van der Waals surface area (Å²) >= 11 is 0. The Morgan fingerprint density at radius 2 is 1.58 bits per heavy atom.